The number of carbonyl (C=O) groups excluding carboxylic acids is 1. The highest BCUT2D eigenvalue weighted by Gasteiger charge is 2.14. The van der Waals surface area contributed by atoms with Crippen LogP contribution in [-0.2, 0) is 4.79 Å². The summed E-state index contributed by atoms with van der Waals surface area (Å²) in [5, 5.41) is 23.6. The van der Waals surface area contributed by atoms with Crippen molar-refractivity contribution in [2.24, 2.45) is 0 Å². The first-order valence-electron chi connectivity index (χ1n) is 9.11. The second kappa shape index (κ2) is 8.93. The fourth-order valence-corrected chi connectivity index (χ4v) is 2.93. The summed E-state index contributed by atoms with van der Waals surface area (Å²) in [6.45, 7) is 1.95. The monoisotopic (exact) mass is 391 g/mol. The third-order valence-electron chi connectivity index (χ3n) is 4.37. The number of aromatic nitrogens is 1. The molecule has 0 atom stereocenters. The summed E-state index contributed by atoms with van der Waals surface area (Å²) < 4.78 is 11.0. The first-order valence-corrected chi connectivity index (χ1v) is 9.11. The highest BCUT2D eigenvalue weighted by Crippen LogP contribution is 2.37. The summed E-state index contributed by atoms with van der Waals surface area (Å²) in [6.07, 6.45) is 2.56. The molecule has 0 spiro atoms. The van der Waals surface area contributed by atoms with Gasteiger partial charge in [-0.3, -0.25) is 4.98 Å². The molecular weight excluding hydrogens is 370 g/mol. The van der Waals surface area contributed by atoms with Gasteiger partial charge in [-0.15, -0.1) is 0 Å². The third-order valence-corrected chi connectivity index (χ3v) is 4.37. The zero-order valence-electron chi connectivity index (χ0n) is 16.2. The van der Waals surface area contributed by atoms with Gasteiger partial charge in [-0.2, -0.15) is 5.26 Å². The predicted octanol–water partition coefficient (Wildman–Crippen LogP) is 4.31. The lowest BCUT2D eigenvalue weighted by Crippen LogP contribution is -2.03. The van der Waals surface area contributed by atoms with Crippen LogP contribution >= 0.6 is 0 Å². The van der Waals surface area contributed by atoms with Gasteiger partial charge in [0.05, 0.1) is 36.2 Å². The van der Waals surface area contributed by atoms with E-state index < -0.39 is 0 Å². The molecule has 1 aromatic heterocycles. The van der Waals surface area contributed by atoms with Gasteiger partial charge >= 0.3 is 0 Å². The van der Waals surface area contributed by atoms with Crippen LogP contribution in [0.15, 0.2) is 42.6 Å². The molecule has 7 nitrogen and oxygen atoms in total. The van der Waals surface area contributed by atoms with Crippen LogP contribution in [0.2, 0.25) is 0 Å². The van der Waals surface area contributed by atoms with Crippen molar-refractivity contribution in [1.29, 1.82) is 5.26 Å². The van der Waals surface area contributed by atoms with E-state index in [1.165, 1.54) is 19.4 Å². The lowest BCUT2D eigenvalue weighted by atomic mass is 10.1. The summed E-state index contributed by atoms with van der Waals surface area (Å²) in [4.78, 5) is 15.4. The van der Waals surface area contributed by atoms with E-state index in [1.54, 1.807) is 13.0 Å². The number of hydrogen-bond donors (Lipinski definition) is 2. The Bertz CT molecular complexity index is 1090. The van der Waals surface area contributed by atoms with Crippen LogP contribution in [-0.4, -0.2) is 29.6 Å². The Balaban J connectivity index is 1.97. The smallest absolute Gasteiger partial charge is 0.162 e. The molecule has 0 amide bonds. The number of nitriles is 1. The number of Topliss-reactive ketones (excluding diaryl/α,β-unsaturated/α-hetero) is 1. The second-order valence-corrected chi connectivity index (χ2v) is 6.48. The molecule has 2 aromatic carbocycles. The predicted molar refractivity (Wildman–Crippen MR) is 110 cm³/mol. The lowest BCUT2D eigenvalue weighted by molar-refractivity contribution is -0.117. The van der Waals surface area contributed by atoms with Crippen molar-refractivity contribution in [3.8, 4) is 23.3 Å². The fraction of sp³-hybridized carbons (Fsp3) is 0.227. The minimum atomic E-state index is -0.0475. The number of pyridine rings is 1. The number of nitrogens with zero attached hydrogens (tertiary/aromatic N) is 2. The SMILES string of the molecule is COc1cc2ncc(C#N)c(Nc3ccccc3OCCCC(C)=O)c2cc1O. The number of para-hydroxylation sites is 2. The first kappa shape index (κ1) is 20.0. The largest absolute Gasteiger partial charge is 0.504 e. The minimum Gasteiger partial charge on any atom is -0.504 e. The Morgan fingerprint density at radius 3 is 2.79 bits per heavy atom. The molecule has 0 unspecified atom stereocenters. The average Bonchev–Trinajstić information content (AvgIpc) is 2.72. The normalized spacial score (nSPS) is 10.4. The van der Waals surface area contributed by atoms with Gasteiger partial charge in [-0.25, -0.2) is 0 Å². The maximum Gasteiger partial charge on any atom is 0.162 e. The van der Waals surface area contributed by atoms with Crippen molar-refractivity contribution in [2.45, 2.75) is 19.8 Å². The first-order chi connectivity index (χ1) is 14.0. The van der Waals surface area contributed by atoms with E-state index in [-0.39, 0.29) is 11.5 Å². The zero-order valence-corrected chi connectivity index (χ0v) is 16.2. The van der Waals surface area contributed by atoms with E-state index in [2.05, 4.69) is 16.4 Å². The summed E-state index contributed by atoms with van der Waals surface area (Å²) in [5.41, 5.74) is 2.07. The van der Waals surface area contributed by atoms with Crippen LogP contribution in [0.25, 0.3) is 10.9 Å². The fourth-order valence-electron chi connectivity index (χ4n) is 2.93. The molecule has 0 radical (unpaired) electrons. The molecule has 3 aromatic rings. The Kier molecular flexibility index (Phi) is 6.15. The van der Waals surface area contributed by atoms with Crippen molar-refractivity contribution in [3.05, 3.63) is 48.2 Å². The molecule has 1 heterocycles. The van der Waals surface area contributed by atoms with Gasteiger partial charge in [0.1, 0.15) is 17.6 Å². The number of aromatic hydroxyl groups is 1. The van der Waals surface area contributed by atoms with Crippen LogP contribution in [0.5, 0.6) is 17.2 Å². The molecule has 0 saturated carbocycles. The number of fused-ring (bicyclic) bond motifs is 1. The van der Waals surface area contributed by atoms with Gasteiger partial charge in [0.25, 0.3) is 0 Å². The molecule has 2 N–H and O–H groups in total. The maximum absolute atomic E-state index is 11.1. The number of benzene rings is 2. The summed E-state index contributed by atoms with van der Waals surface area (Å²) in [7, 11) is 1.46. The van der Waals surface area contributed by atoms with Crippen molar-refractivity contribution in [1.82, 2.24) is 4.98 Å². The van der Waals surface area contributed by atoms with E-state index in [0.29, 0.717) is 58.8 Å². The molecular formula is C22H21N3O4. The van der Waals surface area contributed by atoms with Crippen LogP contribution in [0.4, 0.5) is 11.4 Å². The number of ketones is 1. The van der Waals surface area contributed by atoms with Crippen molar-refractivity contribution < 1.29 is 19.4 Å². The molecule has 0 aliphatic carbocycles. The van der Waals surface area contributed by atoms with Gasteiger partial charge in [-0.05, 0) is 31.5 Å². The molecule has 29 heavy (non-hydrogen) atoms. The average molecular weight is 391 g/mol. The number of phenols is 1. The molecule has 7 heteroatoms. The molecule has 3 rings (SSSR count). The molecule has 148 valence electrons. The number of nitrogens with one attached hydrogen (secondary N) is 1. The quantitative estimate of drug-likeness (QED) is 0.551. The number of hydrogen-bond acceptors (Lipinski definition) is 7. The molecule has 0 fully saturated rings. The van der Waals surface area contributed by atoms with Crippen molar-refractivity contribution in [3.63, 3.8) is 0 Å². The van der Waals surface area contributed by atoms with E-state index in [0.717, 1.165) is 0 Å². The molecule has 0 aliphatic heterocycles. The summed E-state index contributed by atoms with van der Waals surface area (Å²) >= 11 is 0. The topological polar surface area (TPSA) is 104 Å². The molecule has 0 bridgehead atoms. The zero-order chi connectivity index (χ0) is 20.8. The van der Waals surface area contributed by atoms with Crippen LogP contribution in [0.3, 0.4) is 0 Å². The highest BCUT2D eigenvalue weighted by atomic mass is 16.5. The van der Waals surface area contributed by atoms with E-state index >= 15 is 0 Å². The van der Waals surface area contributed by atoms with Gasteiger partial charge in [-0.1, -0.05) is 12.1 Å². The van der Waals surface area contributed by atoms with Crippen LogP contribution in [0, 0.1) is 11.3 Å². The van der Waals surface area contributed by atoms with Crippen molar-refractivity contribution >= 4 is 28.1 Å². The number of phenolic OH excluding ortho intramolecular Hbond substituents is 1. The van der Waals surface area contributed by atoms with E-state index in [4.69, 9.17) is 9.47 Å². The van der Waals surface area contributed by atoms with Crippen molar-refractivity contribution in [2.75, 3.05) is 19.0 Å². The number of ether oxygens (including phenoxy) is 2. The Morgan fingerprint density at radius 1 is 1.28 bits per heavy atom. The summed E-state index contributed by atoms with van der Waals surface area (Å²) in [6, 6.07) is 12.6. The summed E-state index contributed by atoms with van der Waals surface area (Å²) in [5.74, 6) is 0.975. The Morgan fingerprint density at radius 2 is 2.07 bits per heavy atom. The van der Waals surface area contributed by atoms with Gasteiger partial charge in [0.2, 0.25) is 0 Å². The number of anilines is 2. The Labute approximate surface area is 168 Å². The highest BCUT2D eigenvalue weighted by molar-refractivity contribution is 5.98. The number of rotatable bonds is 8. The Hall–Kier alpha value is -3.79. The van der Waals surface area contributed by atoms with Gasteiger partial charge < -0.3 is 24.7 Å². The second-order valence-electron chi connectivity index (χ2n) is 6.48. The van der Waals surface area contributed by atoms with Gasteiger partial charge in [0, 0.05) is 24.1 Å². The third kappa shape index (κ3) is 4.55. The molecule has 0 aliphatic rings. The molecule has 0 saturated heterocycles. The van der Waals surface area contributed by atoms with Gasteiger partial charge in [0.15, 0.2) is 11.5 Å². The minimum absolute atomic E-state index is 0.0475. The number of methoxy groups -OCH3 is 1. The van der Waals surface area contributed by atoms with Crippen LogP contribution in [0.1, 0.15) is 25.3 Å². The van der Waals surface area contributed by atoms with E-state index in [9.17, 15) is 15.2 Å². The van der Waals surface area contributed by atoms with Crippen LogP contribution < -0.4 is 14.8 Å². The standard InChI is InChI=1S/C22H21N3O4/c1-14(26)6-5-9-29-20-8-4-3-7-17(20)25-22-15(12-23)13-24-18-11-21(28-2)19(27)10-16(18)22/h3-4,7-8,10-11,13,27H,5-6,9H2,1-2H3,(H,24,25). The maximum atomic E-state index is 11.1. The van der Waals surface area contributed by atoms with E-state index in [1.807, 2.05) is 24.3 Å². The number of carbonyl (C=O) groups is 1. The lowest BCUT2D eigenvalue weighted by Gasteiger charge is -2.16.